The van der Waals surface area contributed by atoms with Gasteiger partial charge in [-0.15, -0.1) is 11.3 Å². The second-order valence-electron chi connectivity index (χ2n) is 13.9. The van der Waals surface area contributed by atoms with Gasteiger partial charge >= 0.3 is 0 Å². The molecule has 50 heavy (non-hydrogen) atoms. The number of nitrogens with zero attached hydrogens (tertiary/aromatic N) is 2. The molecule has 0 aliphatic heterocycles. The van der Waals surface area contributed by atoms with Crippen LogP contribution in [0.5, 0.6) is 0 Å². The zero-order chi connectivity index (χ0) is 32.8. The molecule has 1 fully saturated rings. The lowest BCUT2D eigenvalue weighted by molar-refractivity contribution is 0.353. The van der Waals surface area contributed by atoms with Crippen LogP contribution in [0.15, 0.2) is 138 Å². The van der Waals surface area contributed by atoms with Crippen molar-refractivity contribution in [3.8, 4) is 44.9 Å². The third-order valence-corrected chi connectivity index (χ3v) is 12.5. The summed E-state index contributed by atoms with van der Waals surface area (Å²) in [6.07, 6.45) is 6.34. The number of hydrogen-bond acceptors (Lipinski definition) is 4. The van der Waals surface area contributed by atoms with Crippen LogP contribution >= 0.6 is 11.3 Å². The first kappa shape index (κ1) is 28.3. The van der Waals surface area contributed by atoms with Crippen LogP contribution in [0.4, 0.5) is 0 Å². The van der Waals surface area contributed by atoms with E-state index in [4.69, 9.17) is 14.4 Å². The predicted octanol–water partition coefficient (Wildman–Crippen LogP) is 13.0. The van der Waals surface area contributed by atoms with Gasteiger partial charge in [-0.1, -0.05) is 128 Å². The van der Waals surface area contributed by atoms with Crippen molar-refractivity contribution in [1.82, 2.24) is 9.97 Å². The van der Waals surface area contributed by atoms with Crippen molar-refractivity contribution < 1.29 is 4.42 Å². The Morgan fingerprint density at radius 2 is 1.30 bits per heavy atom. The molecule has 2 aliphatic carbocycles. The van der Waals surface area contributed by atoms with Crippen molar-refractivity contribution in [2.45, 2.75) is 37.5 Å². The van der Waals surface area contributed by atoms with E-state index in [1.165, 1.54) is 70.0 Å². The maximum absolute atomic E-state index is 6.81. The van der Waals surface area contributed by atoms with E-state index in [1.807, 2.05) is 18.2 Å². The lowest BCUT2D eigenvalue weighted by atomic mass is 9.68. The quantitative estimate of drug-likeness (QED) is 0.189. The predicted molar refractivity (Wildman–Crippen MR) is 208 cm³/mol. The zero-order valence-electron chi connectivity index (χ0n) is 27.4. The first-order valence-corrected chi connectivity index (χ1v) is 18.5. The summed E-state index contributed by atoms with van der Waals surface area (Å²) in [6.45, 7) is 0. The Hall–Kier alpha value is -5.58. The number of thiophene rings is 1. The van der Waals surface area contributed by atoms with Crippen molar-refractivity contribution in [2.75, 3.05) is 0 Å². The van der Waals surface area contributed by atoms with Gasteiger partial charge < -0.3 is 4.42 Å². The van der Waals surface area contributed by atoms with Crippen molar-refractivity contribution in [1.29, 1.82) is 0 Å². The minimum Gasteiger partial charge on any atom is -0.455 e. The second kappa shape index (κ2) is 10.7. The van der Waals surface area contributed by atoms with Gasteiger partial charge in [-0.05, 0) is 64.9 Å². The zero-order valence-corrected chi connectivity index (χ0v) is 28.3. The highest BCUT2D eigenvalue weighted by Crippen LogP contribution is 2.58. The van der Waals surface area contributed by atoms with E-state index in [0.29, 0.717) is 0 Å². The highest BCUT2D eigenvalue weighted by molar-refractivity contribution is 7.26. The molecular formula is C46H32N2OS. The number of fused-ring (bicyclic) bond motifs is 11. The molecule has 0 unspecified atom stereocenters. The molecule has 0 amide bonds. The molecule has 9 aromatic rings. The summed E-state index contributed by atoms with van der Waals surface area (Å²) in [6, 6.07) is 48.2. The third-order valence-electron chi connectivity index (χ3n) is 11.3. The molecular weight excluding hydrogens is 629 g/mol. The van der Waals surface area contributed by atoms with E-state index < -0.39 is 0 Å². The van der Waals surface area contributed by atoms with Crippen LogP contribution in [0, 0.1) is 0 Å². The topological polar surface area (TPSA) is 38.9 Å². The van der Waals surface area contributed by atoms with Gasteiger partial charge in [0.05, 0.1) is 15.9 Å². The molecule has 1 spiro atoms. The number of hydrogen-bond donors (Lipinski definition) is 0. The van der Waals surface area contributed by atoms with Gasteiger partial charge in [-0.2, -0.15) is 0 Å². The molecule has 3 nitrogen and oxygen atoms in total. The highest BCUT2D eigenvalue weighted by atomic mass is 32.1. The molecule has 3 heterocycles. The Labute approximate surface area is 293 Å². The molecule has 0 N–H and O–H groups in total. The number of para-hydroxylation sites is 1. The summed E-state index contributed by atoms with van der Waals surface area (Å²) < 4.78 is 9.13. The smallest absolute Gasteiger partial charge is 0.160 e. The lowest BCUT2D eigenvalue weighted by Gasteiger charge is -2.36. The van der Waals surface area contributed by atoms with Gasteiger partial charge in [-0.3, -0.25) is 0 Å². The van der Waals surface area contributed by atoms with E-state index >= 15 is 0 Å². The van der Waals surface area contributed by atoms with E-state index in [1.54, 1.807) is 11.3 Å². The summed E-state index contributed by atoms with van der Waals surface area (Å²) in [4.78, 5) is 10.4. The van der Waals surface area contributed by atoms with E-state index in [2.05, 4.69) is 115 Å². The molecule has 0 bridgehead atoms. The summed E-state index contributed by atoms with van der Waals surface area (Å²) in [5, 5.41) is 3.39. The molecule has 0 radical (unpaired) electrons. The van der Waals surface area contributed by atoms with Gasteiger partial charge in [-0.25, -0.2) is 9.97 Å². The van der Waals surface area contributed by atoms with Gasteiger partial charge in [0.15, 0.2) is 5.82 Å². The summed E-state index contributed by atoms with van der Waals surface area (Å²) in [7, 11) is 0. The maximum atomic E-state index is 6.81. The molecule has 0 saturated heterocycles. The fraction of sp³-hybridized carbons (Fsp3) is 0.130. The lowest BCUT2D eigenvalue weighted by Crippen LogP contribution is -2.27. The maximum Gasteiger partial charge on any atom is 0.160 e. The van der Waals surface area contributed by atoms with Gasteiger partial charge in [0.25, 0.3) is 0 Å². The Morgan fingerprint density at radius 3 is 2.22 bits per heavy atom. The minimum atomic E-state index is 0.116. The molecule has 0 atom stereocenters. The summed E-state index contributed by atoms with van der Waals surface area (Å²) >= 11 is 1.76. The van der Waals surface area contributed by atoms with Crippen molar-refractivity contribution >= 4 is 53.6 Å². The average Bonchev–Trinajstić information content (AvgIpc) is 3.84. The summed E-state index contributed by atoms with van der Waals surface area (Å²) in [5.74, 6) is 0.741. The Balaban J connectivity index is 1.12. The molecule has 4 heteroatoms. The van der Waals surface area contributed by atoms with E-state index in [9.17, 15) is 0 Å². The SMILES string of the molecule is c1ccc(-c2nc(-c3ccc4oc5c(-c6cccc7c6-c6ccccc6C76CCCCC6)cccc5c4c3)c3sc4ccccc4c3n2)cc1. The van der Waals surface area contributed by atoms with Crippen LogP contribution in [0.25, 0.3) is 87.1 Å². The number of aromatic nitrogens is 2. The molecule has 1 saturated carbocycles. The Morgan fingerprint density at radius 1 is 0.560 bits per heavy atom. The molecule has 11 rings (SSSR count). The van der Waals surface area contributed by atoms with Crippen LogP contribution in [0.1, 0.15) is 43.2 Å². The first-order chi connectivity index (χ1) is 24.8. The standard InChI is InChI=1S/C46H32N2OS/c1-3-13-28(14-4-1)45-47-41(44-42(48-45)34-16-6-8-22-39(34)50-44)29-23-24-38-35(27-29)32-19-11-18-31(43(32)49-38)30-17-12-21-37-40(30)33-15-5-7-20-36(33)46(37)25-9-2-10-26-46/h1,3-8,11-24,27H,2,9-10,25-26H2. The normalized spacial score (nSPS) is 15.0. The number of benzene rings is 6. The van der Waals surface area contributed by atoms with Gasteiger partial charge in [0, 0.05) is 43.0 Å². The number of rotatable bonds is 3. The van der Waals surface area contributed by atoms with Crippen molar-refractivity contribution in [3.63, 3.8) is 0 Å². The fourth-order valence-corrected chi connectivity index (χ4v) is 10.2. The molecule has 2 aliphatic rings. The van der Waals surface area contributed by atoms with Crippen molar-refractivity contribution in [3.05, 3.63) is 145 Å². The Kier molecular flexibility index (Phi) is 6.06. The molecule has 238 valence electrons. The second-order valence-corrected chi connectivity index (χ2v) is 15.0. The van der Waals surface area contributed by atoms with Crippen LogP contribution in [-0.2, 0) is 5.41 Å². The van der Waals surface area contributed by atoms with Crippen LogP contribution in [0.3, 0.4) is 0 Å². The van der Waals surface area contributed by atoms with E-state index in [-0.39, 0.29) is 5.41 Å². The van der Waals surface area contributed by atoms with Gasteiger partial charge in [0.2, 0.25) is 0 Å². The van der Waals surface area contributed by atoms with Gasteiger partial charge in [0.1, 0.15) is 11.2 Å². The van der Waals surface area contributed by atoms with E-state index in [0.717, 1.165) is 60.4 Å². The average molecular weight is 661 g/mol. The molecule has 3 aromatic heterocycles. The van der Waals surface area contributed by atoms with Crippen LogP contribution in [0.2, 0.25) is 0 Å². The Bertz CT molecular complexity index is 2800. The third kappa shape index (κ3) is 3.97. The van der Waals surface area contributed by atoms with Crippen LogP contribution in [-0.4, -0.2) is 9.97 Å². The van der Waals surface area contributed by atoms with Crippen molar-refractivity contribution in [2.24, 2.45) is 0 Å². The largest absolute Gasteiger partial charge is 0.455 e. The monoisotopic (exact) mass is 660 g/mol. The number of furan rings is 1. The van der Waals surface area contributed by atoms with Crippen LogP contribution < -0.4 is 0 Å². The highest BCUT2D eigenvalue weighted by Gasteiger charge is 2.44. The molecule has 6 aromatic carbocycles. The first-order valence-electron chi connectivity index (χ1n) is 17.7. The minimum absolute atomic E-state index is 0.116. The summed E-state index contributed by atoms with van der Waals surface area (Å²) in [5.41, 5.74) is 14.2. The fourth-order valence-electron chi connectivity index (χ4n) is 9.08.